The van der Waals surface area contributed by atoms with Crippen LogP contribution in [0.15, 0.2) is 0 Å². The highest BCUT2D eigenvalue weighted by Crippen LogP contribution is 2.23. The first-order valence-corrected chi connectivity index (χ1v) is 9.39. The summed E-state index contributed by atoms with van der Waals surface area (Å²) in [7, 11) is 0. The number of carbonyl (C=O) groups excluding carboxylic acids is 2. The molecule has 3 heterocycles. The number of amides is 2. The Bertz CT molecular complexity index is 412. The summed E-state index contributed by atoms with van der Waals surface area (Å²) >= 11 is 0. The van der Waals surface area contributed by atoms with Crippen LogP contribution in [0.3, 0.4) is 0 Å². The van der Waals surface area contributed by atoms with Gasteiger partial charge in [-0.3, -0.25) is 9.59 Å². The largest absolute Gasteiger partial charge is 0.378 e. The molecule has 3 rings (SSSR count). The number of rotatable bonds is 5. The Hall–Kier alpha value is -1.10. The van der Waals surface area contributed by atoms with Crippen LogP contribution in [0, 0.1) is 5.92 Å². The lowest BCUT2D eigenvalue weighted by Crippen LogP contribution is -2.44. The fraction of sp³-hybridized carbons (Fsp3) is 0.889. The molecule has 130 valence electrons. The second kappa shape index (κ2) is 8.13. The van der Waals surface area contributed by atoms with E-state index in [2.05, 4.69) is 0 Å². The van der Waals surface area contributed by atoms with E-state index in [-0.39, 0.29) is 5.91 Å². The normalized spacial score (nSPS) is 26.8. The van der Waals surface area contributed by atoms with E-state index in [4.69, 9.17) is 4.74 Å². The average molecular weight is 322 g/mol. The van der Waals surface area contributed by atoms with Crippen molar-refractivity contribution in [1.29, 1.82) is 0 Å². The van der Waals surface area contributed by atoms with Crippen molar-refractivity contribution < 1.29 is 14.3 Å². The summed E-state index contributed by atoms with van der Waals surface area (Å²) in [6.45, 7) is 4.41. The molecule has 0 aliphatic carbocycles. The van der Waals surface area contributed by atoms with Crippen molar-refractivity contribution in [2.75, 3.05) is 32.8 Å². The van der Waals surface area contributed by atoms with Gasteiger partial charge in [0.15, 0.2) is 0 Å². The quantitative estimate of drug-likeness (QED) is 0.780. The molecule has 5 heteroatoms. The third-order valence-electron chi connectivity index (χ3n) is 5.57. The number of ether oxygens (including phenoxy) is 1. The number of carbonyl (C=O) groups is 2. The maximum atomic E-state index is 12.3. The Morgan fingerprint density at radius 2 is 1.91 bits per heavy atom. The number of likely N-dealkylation sites (tertiary alicyclic amines) is 2. The summed E-state index contributed by atoms with van der Waals surface area (Å²) in [4.78, 5) is 28.3. The summed E-state index contributed by atoms with van der Waals surface area (Å²) in [6, 6.07) is 0. The molecule has 3 aliphatic rings. The molecular weight excluding hydrogens is 292 g/mol. The van der Waals surface area contributed by atoms with Crippen LogP contribution in [0.25, 0.3) is 0 Å². The van der Waals surface area contributed by atoms with Gasteiger partial charge in [-0.15, -0.1) is 0 Å². The van der Waals surface area contributed by atoms with Gasteiger partial charge in [0.05, 0.1) is 6.10 Å². The van der Waals surface area contributed by atoms with Gasteiger partial charge >= 0.3 is 0 Å². The average Bonchev–Trinajstić information content (AvgIpc) is 3.09. The Morgan fingerprint density at radius 3 is 2.61 bits per heavy atom. The first-order chi connectivity index (χ1) is 11.2. The second-order valence-electron chi connectivity index (χ2n) is 7.29. The molecule has 0 N–H and O–H groups in total. The first kappa shape index (κ1) is 16.7. The second-order valence-corrected chi connectivity index (χ2v) is 7.29. The minimum Gasteiger partial charge on any atom is -0.378 e. The van der Waals surface area contributed by atoms with Gasteiger partial charge < -0.3 is 14.5 Å². The van der Waals surface area contributed by atoms with E-state index in [1.54, 1.807) is 0 Å². The van der Waals surface area contributed by atoms with E-state index in [0.717, 1.165) is 84.2 Å². The van der Waals surface area contributed by atoms with Crippen molar-refractivity contribution in [2.24, 2.45) is 5.92 Å². The van der Waals surface area contributed by atoms with Crippen LogP contribution in [-0.2, 0) is 14.3 Å². The standard InChI is InChI=1S/C18H30N2O3/c21-17-5-1-2-10-20(17)14-15-8-11-19(12-9-15)18(22)7-6-16-4-3-13-23-16/h15-16H,1-14H2/t16-/m0/s1. The highest BCUT2D eigenvalue weighted by Gasteiger charge is 2.27. The number of hydrogen-bond donors (Lipinski definition) is 0. The van der Waals surface area contributed by atoms with Crippen LogP contribution in [0.4, 0.5) is 0 Å². The van der Waals surface area contributed by atoms with Crippen molar-refractivity contribution >= 4 is 11.8 Å². The van der Waals surface area contributed by atoms with Crippen molar-refractivity contribution in [2.45, 2.75) is 63.9 Å². The predicted molar refractivity (Wildman–Crippen MR) is 87.9 cm³/mol. The van der Waals surface area contributed by atoms with E-state index in [0.29, 0.717) is 24.3 Å². The molecule has 0 spiro atoms. The molecular formula is C18H30N2O3. The molecule has 0 saturated carbocycles. The molecule has 0 unspecified atom stereocenters. The number of piperidine rings is 2. The smallest absolute Gasteiger partial charge is 0.222 e. The van der Waals surface area contributed by atoms with Gasteiger partial charge in [0.1, 0.15) is 0 Å². The van der Waals surface area contributed by atoms with Gasteiger partial charge in [-0.05, 0) is 50.9 Å². The monoisotopic (exact) mass is 322 g/mol. The summed E-state index contributed by atoms with van der Waals surface area (Å²) in [5, 5.41) is 0. The van der Waals surface area contributed by atoms with Crippen LogP contribution in [-0.4, -0.2) is 60.5 Å². The molecule has 3 saturated heterocycles. The molecule has 0 aromatic carbocycles. The Labute approximate surface area is 139 Å². The Kier molecular flexibility index (Phi) is 5.92. The van der Waals surface area contributed by atoms with Gasteiger partial charge in [-0.2, -0.15) is 0 Å². The highest BCUT2D eigenvalue weighted by atomic mass is 16.5. The van der Waals surface area contributed by atoms with E-state index in [9.17, 15) is 9.59 Å². The van der Waals surface area contributed by atoms with Gasteiger partial charge in [0.2, 0.25) is 11.8 Å². The molecule has 0 aromatic rings. The molecule has 2 amide bonds. The molecule has 1 atom stereocenters. The fourth-order valence-corrected chi connectivity index (χ4v) is 4.05. The van der Waals surface area contributed by atoms with E-state index in [1.165, 1.54) is 0 Å². The molecule has 5 nitrogen and oxygen atoms in total. The van der Waals surface area contributed by atoms with Crippen LogP contribution in [0.2, 0.25) is 0 Å². The van der Waals surface area contributed by atoms with Gasteiger partial charge in [-0.1, -0.05) is 0 Å². The molecule has 0 radical (unpaired) electrons. The maximum Gasteiger partial charge on any atom is 0.222 e. The lowest BCUT2D eigenvalue weighted by Gasteiger charge is -2.36. The Balaban J connectivity index is 1.35. The SMILES string of the molecule is O=C(CC[C@@H]1CCCO1)N1CCC(CN2CCCCC2=O)CC1. The predicted octanol–water partition coefficient (Wildman–Crippen LogP) is 2.20. The topological polar surface area (TPSA) is 49.9 Å². The summed E-state index contributed by atoms with van der Waals surface area (Å²) < 4.78 is 5.59. The summed E-state index contributed by atoms with van der Waals surface area (Å²) in [5.41, 5.74) is 0. The van der Waals surface area contributed by atoms with Crippen LogP contribution in [0.1, 0.15) is 57.8 Å². The van der Waals surface area contributed by atoms with E-state index in [1.807, 2.05) is 9.80 Å². The van der Waals surface area contributed by atoms with Crippen molar-refractivity contribution in [1.82, 2.24) is 9.80 Å². The fourth-order valence-electron chi connectivity index (χ4n) is 4.05. The summed E-state index contributed by atoms with van der Waals surface area (Å²) in [5.74, 6) is 1.18. The van der Waals surface area contributed by atoms with Gasteiger partial charge in [0.25, 0.3) is 0 Å². The minimum absolute atomic E-state index is 0.285. The van der Waals surface area contributed by atoms with Crippen LogP contribution in [0.5, 0.6) is 0 Å². The zero-order valence-corrected chi connectivity index (χ0v) is 14.2. The lowest BCUT2D eigenvalue weighted by molar-refractivity contribution is -0.136. The minimum atomic E-state index is 0.285. The summed E-state index contributed by atoms with van der Waals surface area (Å²) in [6.07, 6.45) is 9.05. The third kappa shape index (κ3) is 4.69. The Morgan fingerprint density at radius 1 is 1.09 bits per heavy atom. The third-order valence-corrected chi connectivity index (χ3v) is 5.57. The molecule has 0 aromatic heterocycles. The highest BCUT2D eigenvalue weighted by molar-refractivity contribution is 5.77. The van der Waals surface area contributed by atoms with Gasteiger partial charge in [-0.25, -0.2) is 0 Å². The zero-order valence-electron chi connectivity index (χ0n) is 14.2. The van der Waals surface area contributed by atoms with E-state index < -0.39 is 0 Å². The molecule has 0 bridgehead atoms. The number of nitrogens with zero attached hydrogens (tertiary/aromatic N) is 2. The van der Waals surface area contributed by atoms with Gasteiger partial charge in [0, 0.05) is 45.6 Å². The molecule has 23 heavy (non-hydrogen) atoms. The molecule has 3 aliphatic heterocycles. The van der Waals surface area contributed by atoms with Crippen LogP contribution < -0.4 is 0 Å². The van der Waals surface area contributed by atoms with Crippen molar-refractivity contribution in [3.63, 3.8) is 0 Å². The number of hydrogen-bond acceptors (Lipinski definition) is 3. The van der Waals surface area contributed by atoms with Crippen molar-refractivity contribution in [3.8, 4) is 0 Å². The molecule has 3 fully saturated rings. The van der Waals surface area contributed by atoms with E-state index >= 15 is 0 Å². The first-order valence-electron chi connectivity index (χ1n) is 9.39. The maximum absolute atomic E-state index is 12.3. The van der Waals surface area contributed by atoms with Crippen LogP contribution >= 0.6 is 0 Å². The lowest BCUT2D eigenvalue weighted by atomic mass is 9.94. The van der Waals surface area contributed by atoms with Crippen molar-refractivity contribution in [3.05, 3.63) is 0 Å². The zero-order chi connectivity index (χ0) is 16.1.